The van der Waals surface area contributed by atoms with Crippen LogP contribution >= 0.6 is 0 Å². The maximum Gasteiger partial charge on any atom is 0.144 e. The summed E-state index contributed by atoms with van der Waals surface area (Å²) in [4.78, 5) is 16.7. The van der Waals surface area contributed by atoms with Gasteiger partial charge in [-0.25, -0.2) is 0 Å². The number of nitrogens with zero attached hydrogens (tertiary/aromatic N) is 1. The van der Waals surface area contributed by atoms with Gasteiger partial charge in [0.15, 0.2) is 0 Å². The average Bonchev–Trinajstić information content (AvgIpc) is 2.84. The summed E-state index contributed by atoms with van der Waals surface area (Å²) in [5.74, 6) is 0.271. The molecule has 2 unspecified atom stereocenters. The third-order valence-corrected chi connectivity index (χ3v) is 3.78. The Hall–Kier alpha value is -1.26. The zero-order valence-corrected chi connectivity index (χ0v) is 10.4. The minimum atomic E-state index is -0.00766. The van der Waals surface area contributed by atoms with E-state index in [0.29, 0.717) is 13.0 Å². The first-order chi connectivity index (χ1) is 8.84. The summed E-state index contributed by atoms with van der Waals surface area (Å²) < 4.78 is 5.59. The molecule has 96 valence electrons. The van der Waals surface area contributed by atoms with Crippen LogP contribution in [0.4, 0.5) is 0 Å². The number of carbonyl (C=O) groups excluding carboxylic acids is 1. The van der Waals surface area contributed by atoms with Gasteiger partial charge in [0, 0.05) is 25.7 Å². The zero-order valence-electron chi connectivity index (χ0n) is 10.4. The lowest BCUT2D eigenvalue weighted by Crippen LogP contribution is -2.40. The van der Waals surface area contributed by atoms with Gasteiger partial charge in [-0.05, 0) is 24.5 Å². The summed E-state index contributed by atoms with van der Waals surface area (Å²) in [6.07, 6.45) is 4.21. The molecule has 0 radical (unpaired) electrons. The summed E-state index contributed by atoms with van der Waals surface area (Å²) in [5, 5.41) is 3.26. The molecule has 0 saturated carbocycles. The van der Waals surface area contributed by atoms with Gasteiger partial charge in [0.2, 0.25) is 0 Å². The molecule has 2 heterocycles. The number of hydrogen-bond acceptors (Lipinski definition) is 4. The number of rotatable bonds is 3. The third kappa shape index (κ3) is 2.31. The molecular formula is C14H18N2O2. The van der Waals surface area contributed by atoms with Crippen molar-refractivity contribution in [2.75, 3.05) is 19.7 Å². The molecular weight excluding hydrogens is 228 g/mol. The molecule has 1 N–H and O–H groups in total. The molecule has 2 atom stereocenters. The van der Waals surface area contributed by atoms with Crippen LogP contribution in [0.15, 0.2) is 18.3 Å². The Morgan fingerprint density at radius 1 is 1.56 bits per heavy atom. The van der Waals surface area contributed by atoms with Crippen LogP contribution in [0, 0.1) is 0 Å². The number of fused-ring (bicyclic) bond motifs is 1. The molecule has 3 rings (SSSR count). The van der Waals surface area contributed by atoms with E-state index >= 15 is 0 Å². The van der Waals surface area contributed by atoms with Crippen LogP contribution in [0.5, 0.6) is 0 Å². The van der Waals surface area contributed by atoms with Crippen LogP contribution < -0.4 is 5.32 Å². The van der Waals surface area contributed by atoms with Crippen molar-refractivity contribution >= 4 is 5.78 Å². The Labute approximate surface area is 107 Å². The van der Waals surface area contributed by atoms with Crippen LogP contribution in [0.25, 0.3) is 0 Å². The molecule has 4 nitrogen and oxygen atoms in total. The van der Waals surface area contributed by atoms with Gasteiger partial charge in [-0.3, -0.25) is 9.78 Å². The van der Waals surface area contributed by atoms with Gasteiger partial charge < -0.3 is 10.1 Å². The minimum absolute atomic E-state index is 0.00766. The highest BCUT2D eigenvalue weighted by atomic mass is 16.5. The second-order valence-corrected chi connectivity index (χ2v) is 5.01. The second-order valence-electron chi connectivity index (χ2n) is 5.01. The normalized spacial score (nSPS) is 26.9. The van der Waals surface area contributed by atoms with Gasteiger partial charge in [-0.2, -0.15) is 0 Å². The first kappa shape index (κ1) is 11.8. The van der Waals surface area contributed by atoms with E-state index in [-0.39, 0.29) is 17.8 Å². The van der Waals surface area contributed by atoms with Gasteiger partial charge in [-0.1, -0.05) is 6.07 Å². The maximum absolute atomic E-state index is 12.3. The van der Waals surface area contributed by atoms with E-state index in [1.165, 1.54) is 5.56 Å². The summed E-state index contributed by atoms with van der Waals surface area (Å²) in [5.41, 5.74) is 2.23. The summed E-state index contributed by atoms with van der Waals surface area (Å²) >= 11 is 0. The number of carbonyl (C=O) groups is 1. The van der Waals surface area contributed by atoms with E-state index in [4.69, 9.17) is 4.74 Å². The Morgan fingerprint density at radius 3 is 3.33 bits per heavy atom. The molecule has 2 aliphatic rings. The lowest BCUT2D eigenvalue weighted by Gasteiger charge is -2.24. The van der Waals surface area contributed by atoms with Crippen LogP contribution in [0.1, 0.15) is 30.0 Å². The minimum Gasteiger partial charge on any atom is -0.375 e. The van der Waals surface area contributed by atoms with Crippen molar-refractivity contribution in [2.45, 2.75) is 31.3 Å². The van der Waals surface area contributed by atoms with Crippen molar-refractivity contribution in [1.29, 1.82) is 0 Å². The maximum atomic E-state index is 12.3. The molecule has 0 bridgehead atoms. The van der Waals surface area contributed by atoms with Crippen molar-refractivity contribution in [1.82, 2.24) is 10.3 Å². The fourth-order valence-corrected chi connectivity index (χ4v) is 2.84. The van der Waals surface area contributed by atoms with Crippen molar-refractivity contribution < 1.29 is 9.53 Å². The monoisotopic (exact) mass is 246 g/mol. The van der Waals surface area contributed by atoms with Gasteiger partial charge in [0.1, 0.15) is 5.78 Å². The molecule has 0 amide bonds. The van der Waals surface area contributed by atoms with Crippen molar-refractivity contribution in [2.24, 2.45) is 0 Å². The number of aromatic nitrogens is 1. The lowest BCUT2D eigenvalue weighted by atomic mass is 9.96. The van der Waals surface area contributed by atoms with Gasteiger partial charge >= 0.3 is 0 Å². The molecule has 1 fully saturated rings. The standard InChI is InChI=1S/C14H18N2O2/c17-13(8-11-9-15-6-7-18-11)12-4-3-10-2-1-5-16-14(10)12/h1-2,5,11-12,15H,3-4,6-9H2. The average molecular weight is 246 g/mol. The molecule has 4 heteroatoms. The smallest absolute Gasteiger partial charge is 0.144 e. The highest BCUT2D eigenvalue weighted by molar-refractivity contribution is 5.86. The molecule has 1 aromatic rings. The number of hydrogen-bond donors (Lipinski definition) is 1. The third-order valence-electron chi connectivity index (χ3n) is 3.78. The van der Waals surface area contributed by atoms with E-state index in [1.807, 2.05) is 6.07 Å². The lowest BCUT2D eigenvalue weighted by molar-refractivity contribution is -0.123. The van der Waals surface area contributed by atoms with E-state index < -0.39 is 0 Å². The van der Waals surface area contributed by atoms with Crippen LogP contribution in [-0.4, -0.2) is 36.6 Å². The van der Waals surface area contributed by atoms with E-state index in [2.05, 4.69) is 16.4 Å². The predicted octanol–water partition coefficient (Wildman–Crippen LogP) is 1.06. The van der Waals surface area contributed by atoms with Crippen LogP contribution in [0.3, 0.4) is 0 Å². The summed E-state index contributed by atoms with van der Waals surface area (Å²) in [6, 6.07) is 4.02. The zero-order chi connectivity index (χ0) is 12.4. The molecule has 1 aliphatic carbocycles. The molecule has 1 saturated heterocycles. The van der Waals surface area contributed by atoms with E-state index in [9.17, 15) is 4.79 Å². The largest absolute Gasteiger partial charge is 0.375 e. The predicted molar refractivity (Wildman–Crippen MR) is 67.5 cm³/mol. The molecule has 1 aromatic heterocycles. The quantitative estimate of drug-likeness (QED) is 0.866. The summed E-state index contributed by atoms with van der Waals surface area (Å²) in [6.45, 7) is 2.38. The molecule has 18 heavy (non-hydrogen) atoms. The van der Waals surface area contributed by atoms with Gasteiger partial charge in [-0.15, -0.1) is 0 Å². The Morgan fingerprint density at radius 2 is 2.50 bits per heavy atom. The fourth-order valence-electron chi connectivity index (χ4n) is 2.84. The SMILES string of the molecule is O=C(CC1CNCCO1)C1CCc2cccnc21. The Balaban J connectivity index is 1.67. The topological polar surface area (TPSA) is 51.2 Å². The Kier molecular flexibility index (Phi) is 3.39. The number of aryl methyl sites for hydroxylation is 1. The van der Waals surface area contributed by atoms with Crippen LogP contribution in [-0.2, 0) is 16.0 Å². The Bertz CT molecular complexity index is 441. The van der Waals surface area contributed by atoms with Gasteiger partial charge in [0.25, 0.3) is 0 Å². The second kappa shape index (κ2) is 5.16. The number of ketones is 1. The number of Topliss-reactive ketones (excluding diaryl/α,β-unsaturated/α-hetero) is 1. The number of pyridine rings is 1. The number of morpholine rings is 1. The number of nitrogens with one attached hydrogen (secondary N) is 1. The fraction of sp³-hybridized carbons (Fsp3) is 0.571. The molecule has 0 spiro atoms. The number of ether oxygens (including phenoxy) is 1. The van der Waals surface area contributed by atoms with Gasteiger partial charge in [0.05, 0.1) is 24.3 Å². The van der Waals surface area contributed by atoms with Crippen molar-refractivity contribution in [3.63, 3.8) is 0 Å². The van der Waals surface area contributed by atoms with Crippen molar-refractivity contribution in [3.05, 3.63) is 29.6 Å². The molecule has 0 aromatic carbocycles. The highest BCUT2D eigenvalue weighted by Crippen LogP contribution is 2.32. The highest BCUT2D eigenvalue weighted by Gasteiger charge is 2.31. The van der Waals surface area contributed by atoms with Crippen LogP contribution in [0.2, 0.25) is 0 Å². The summed E-state index contributed by atoms with van der Waals surface area (Å²) in [7, 11) is 0. The van der Waals surface area contributed by atoms with E-state index in [0.717, 1.165) is 31.6 Å². The first-order valence-corrected chi connectivity index (χ1v) is 6.63. The van der Waals surface area contributed by atoms with E-state index in [1.54, 1.807) is 6.20 Å². The molecule has 1 aliphatic heterocycles. The van der Waals surface area contributed by atoms with Crippen molar-refractivity contribution in [3.8, 4) is 0 Å². The first-order valence-electron chi connectivity index (χ1n) is 6.63.